The molecule has 3 aromatic rings. The van der Waals surface area contributed by atoms with Crippen LogP contribution in [-0.2, 0) is 0 Å². The minimum absolute atomic E-state index is 0.807. The van der Waals surface area contributed by atoms with Crippen molar-refractivity contribution in [2.45, 2.75) is 0 Å². The number of nitrogens with zero attached hydrogens (tertiary/aromatic N) is 3. The molecule has 0 aliphatic rings. The Labute approximate surface area is 96.0 Å². The first kappa shape index (κ1) is 9.23. The van der Waals surface area contributed by atoms with Gasteiger partial charge in [0.25, 0.3) is 0 Å². The maximum absolute atomic E-state index is 4.24. The van der Waals surface area contributed by atoms with Gasteiger partial charge in [-0.15, -0.1) is 11.3 Å². The fourth-order valence-corrected chi connectivity index (χ4v) is 2.14. The van der Waals surface area contributed by atoms with E-state index >= 15 is 0 Å². The van der Waals surface area contributed by atoms with Gasteiger partial charge < -0.3 is 0 Å². The van der Waals surface area contributed by atoms with Gasteiger partial charge in [-0.3, -0.25) is 0 Å². The van der Waals surface area contributed by atoms with E-state index in [1.165, 1.54) is 0 Å². The van der Waals surface area contributed by atoms with Crippen LogP contribution in [0.4, 0.5) is 0 Å². The van der Waals surface area contributed by atoms with Gasteiger partial charge in [0.15, 0.2) is 0 Å². The van der Waals surface area contributed by atoms with Gasteiger partial charge >= 0.3 is 0 Å². The molecule has 0 amide bonds. The maximum atomic E-state index is 4.24. The average Bonchev–Trinajstić information content (AvgIpc) is 3.01. The molecule has 0 fully saturated rings. The second-order valence-electron chi connectivity index (χ2n) is 3.22. The van der Waals surface area contributed by atoms with Crippen molar-refractivity contribution >= 4 is 11.3 Å². The highest BCUT2D eigenvalue weighted by atomic mass is 32.1. The third kappa shape index (κ3) is 1.51. The first-order chi connectivity index (χ1) is 7.95. The summed E-state index contributed by atoms with van der Waals surface area (Å²) in [7, 11) is 0. The predicted molar refractivity (Wildman–Crippen MR) is 62.9 cm³/mol. The fraction of sp³-hybridized carbons (Fsp3) is 0. The first-order valence-electron chi connectivity index (χ1n) is 4.81. The second kappa shape index (κ2) is 3.86. The summed E-state index contributed by atoms with van der Waals surface area (Å²) in [5.74, 6) is 0. The molecule has 0 atom stereocenters. The van der Waals surface area contributed by atoms with E-state index in [4.69, 9.17) is 0 Å². The molecule has 1 N–H and O–H groups in total. The highest BCUT2D eigenvalue weighted by molar-refractivity contribution is 7.13. The summed E-state index contributed by atoms with van der Waals surface area (Å²) >= 11 is 1.56. The number of H-pyrrole nitrogens is 1. The van der Waals surface area contributed by atoms with E-state index in [9.17, 15) is 0 Å². The van der Waals surface area contributed by atoms with Crippen LogP contribution in [0.15, 0.2) is 41.9 Å². The van der Waals surface area contributed by atoms with Crippen LogP contribution in [0.5, 0.6) is 0 Å². The Morgan fingerprint density at radius 3 is 2.56 bits per heavy atom. The smallest absolute Gasteiger partial charge is 0.149 e. The molecule has 3 rings (SSSR count). The van der Waals surface area contributed by atoms with Crippen LogP contribution in [0.3, 0.4) is 0 Å². The van der Waals surface area contributed by atoms with E-state index in [1.54, 1.807) is 17.5 Å². The monoisotopic (exact) mass is 228 g/mol. The Bertz CT molecular complexity index is 571. The second-order valence-corrected chi connectivity index (χ2v) is 4.12. The van der Waals surface area contributed by atoms with E-state index in [-0.39, 0.29) is 0 Å². The van der Waals surface area contributed by atoms with Crippen molar-refractivity contribution in [3.63, 3.8) is 0 Å². The molecule has 0 saturated carbocycles. The van der Waals surface area contributed by atoms with Gasteiger partial charge in [0.1, 0.15) is 16.4 Å². The molecule has 0 bridgehead atoms. The SMILES string of the molecule is c1ccc(-c2n[nH]nc2-c2nccs2)cc1. The molecule has 2 heterocycles. The lowest BCUT2D eigenvalue weighted by Crippen LogP contribution is -1.82. The number of hydrogen-bond donors (Lipinski definition) is 1. The Kier molecular flexibility index (Phi) is 2.23. The number of rotatable bonds is 2. The molecule has 1 aromatic carbocycles. The van der Waals surface area contributed by atoms with E-state index in [0.717, 1.165) is 22.0 Å². The number of benzene rings is 1. The minimum atomic E-state index is 0.807. The number of hydrogen-bond acceptors (Lipinski definition) is 4. The number of nitrogens with one attached hydrogen (secondary N) is 1. The van der Waals surface area contributed by atoms with Crippen molar-refractivity contribution in [2.75, 3.05) is 0 Å². The van der Waals surface area contributed by atoms with Crippen molar-refractivity contribution in [2.24, 2.45) is 0 Å². The highest BCUT2D eigenvalue weighted by Gasteiger charge is 2.13. The topological polar surface area (TPSA) is 54.5 Å². The van der Waals surface area contributed by atoms with E-state index in [1.807, 2.05) is 35.7 Å². The summed E-state index contributed by atoms with van der Waals surface area (Å²) in [6.07, 6.45) is 1.77. The summed E-state index contributed by atoms with van der Waals surface area (Å²) < 4.78 is 0. The Morgan fingerprint density at radius 1 is 1.00 bits per heavy atom. The van der Waals surface area contributed by atoms with Crippen LogP contribution >= 0.6 is 11.3 Å². The van der Waals surface area contributed by atoms with E-state index in [2.05, 4.69) is 20.4 Å². The third-order valence-electron chi connectivity index (χ3n) is 2.23. The van der Waals surface area contributed by atoms with Gasteiger partial charge in [0.2, 0.25) is 0 Å². The van der Waals surface area contributed by atoms with Crippen molar-refractivity contribution < 1.29 is 0 Å². The largest absolute Gasteiger partial charge is 0.243 e. The zero-order valence-corrected chi connectivity index (χ0v) is 9.11. The zero-order chi connectivity index (χ0) is 10.8. The predicted octanol–water partition coefficient (Wildman–Crippen LogP) is 2.60. The highest BCUT2D eigenvalue weighted by Crippen LogP contribution is 2.28. The van der Waals surface area contributed by atoms with Gasteiger partial charge in [-0.25, -0.2) is 4.98 Å². The Morgan fingerprint density at radius 2 is 1.81 bits per heavy atom. The molecule has 0 saturated heterocycles. The summed E-state index contributed by atoms with van der Waals surface area (Å²) in [5, 5.41) is 13.8. The van der Waals surface area contributed by atoms with E-state index < -0.39 is 0 Å². The van der Waals surface area contributed by atoms with Crippen molar-refractivity contribution in [3.8, 4) is 22.0 Å². The molecule has 0 unspecified atom stereocenters. The normalized spacial score (nSPS) is 10.5. The minimum Gasteiger partial charge on any atom is -0.243 e. The lowest BCUT2D eigenvalue weighted by Gasteiger charge is -1.96. The van der Waals surface area contributed by atoms with Crippen LogP contribution in [0, 0.1) is 0 Å². The molecule has 78 valence electrons. The van der Waals surface area contributed by atoms with E-state index in [0.29, 0.717) is 0 Å². The van der Waals surface area contributed by atoms with Crippen LogP contribution < -0.4 is 0 Å². The Hall–Kier alpha value is -2.01. The summed E-state index contributed by atoms with van der Waals surface area (Å²) in [4.78, 5) is 4.24. The van der Waals surface area contributed by atoms with Gasteiger partial charge in [-0.05, 0) is 0 Å². The zero-order valence-electron chi connectivity index (χ0n) is 8.29. The van der Waals surface area contributed by atoms with Crippen LogP contribution in [-0.4, -0.2) is 20.4 Å². The molecular weight excluding hydrogens is 220 g/mol. The molecule has 5 heteroatoms. The number of aromatic amines is 1. The lowest BCUT2D eigenvalue weighted by atomic mass is 10.1. The van der Waals surface area contributed by atoms with Crippen molar-refractivity contribution in [3.05, 3.63) is 41.9 Å². The molecule has 0 aliphatic heterocycles. The third-order valence-corrected chi connectivity index (χ3v) is 3.01. The van der Waals surface area contributed by atoms with Crippen LogP contribution in [0.2, 0.25) is 0 Å². The average molecular weight is 228 g/mol. The van der Waals surface area contributed by atoms with Crippen molar-refractivity contribution in [1.82, 2.24) is 20.4 Å². The molecule has 16 heavy (non-hydrogen) atoms. The van der Waals surface area contributed by atoms with Crippen LogP contribution in [0.25, 0.3) is 22.0 Å². The molecule has 0 radical (unpaired) electrons. The van der Waals surface area contributed by atoms with Crippen LogP contribution in [0.1, 0.15) is 0 Å². The van der Waals surface area contributed by atoms with Gasteiger partial charge in [-0.1, -0.05) is 30.3 Å². The fourth-order valence-electron chi connectivity index (χ4n) is 1.52. The lowest BCUT2D eigenvalue weighted by molar-refractivity contribution is 0.943. The standard InChI is InChI=1S/C11H8N4S/c1-2-4-8(5-3-1)9-10(14-15-13-9)11-12-6-7-16-11/h1-7H,(H,13,14,15). The molecule has 0 spiro atoms. The summed E-state index contributed by atoms with van der Waals surface area (Å²) in [6, 6.07) is 9.96. The molecular formula is C11H8N4S. The molecule has 0 aliphatic carbocycles. The molecule has 4 nitrogen and oxygen atoms in total. The summed E-state index contributed by atoms with van der Waals surface area (Å²) in [5.41, 5.74) is 2.69. The van der Waals surface area contributed by atoms with Gasteiger partial charge in [0.05, 0.1) is 0 Å². The quantitative estimate of drug-likeness (QED) is 0.733. The van der Waals surface area contributed by atoms with Crippen molar-refractivity contribution in [1.29, 1.82) is 0 Å². The van der Waals surface area contributed by atoms with Gasteiger partial charge in [-0.2, -0.15) is 15.4 Å². The maximum Gasteiger partial charge on any atom is 0.149 e. The number of thiazole rings is 1. The Balaban J connectivity index is 2.14. The summed E-state index contributed by atoms with van der Waals surface area (Å²) in [6.45, 7) is 0. The number of aromatic nitrogens is 4. The first-order valence-corrected chi connectivity index (χ1v) is 5.69. The van der Waals surface area contributed by atoms with Gasteiger partial charge in [0, 0.05) is 17.1 Å². The molecule has 2 aromatic heterocycles.